The van der Waals surface area contributed by atoms with E-state index in [1.54, 1.807) is 31.2 Å². The highest BCUT2D eigenvalue weighted by Gasteiger charge is 2.29. The molecule has 10 heteroatoms. The number of nitrogens with two attached hydrogens (primary N) is 1. The highest BCUT2D eigenvalue weighted by atomic mass is 127. The van der Waals surface area contributed by atoms with Crippen molar-refractivity contribution in [3.8, 4) is 0 Å². The van der Waals surface area contributed by atoms with Gasteiger partial charge in [-0.2, -0.15) is 18.5 Å². The van der Waals surface area contributed by atoms with Gasteiger partial charge in [0.2, 0.25) is 0 Å². The average molecular weight is 620 g/mol. The van der Waals surface area contributed by atoms with Gasteiger partial charge in [-0.3, -0.25) is 0 Å². The van der Waals surface area contributed by atoms with Crippen LogP contribution in [0.1, 0.15) is 30.4 Å². The third-order valence-corrected chi connectivity index (χ3v) is 7.59. The molecule has 3 aromatic carbocycles. The Morgan fingerprint density at radius 2 is 1.71 bits per heavy atom. The van der Waals surface area contributed by atoms with E-state index in [-0.39, 0.29) is 22.6 Å². The number of sulfonamides is 1. The van der Waals surface area contributed by atoms with Gasteiger partial charge in [-0.1, -0.05) is 54.1 Å². The number of rotatable bonds is 4. The molecule has 1 heterocycles. The Morgan fingerprint density at radius 3 is 2.34 bits per heavy atom. The van der Waals surface area contributed by atoms with E-state index in [9.17, 15) is 8.42 Å². The summed E-state index contributed by atoms with van der Waals surface area (Å²) >= 11 is 8.23. The van der Waals surface area contributed by atoms with Crippen LogP contribution in [0.15, 0.2) is 98.2 Å². The Kier molecular flexibility index (Phi) is 7.88. The lowest BCUT2D eigenvalue weighted by molar-refractivity contribution is 0.400. The summed E-state index contributed by atoms with van der Waals surface area (Å²) in [5, 5.41) is 6.95. The third kappa shape index (κ3) is 6.28. The SMILES string of the molecule is C/C(N)=N\C(=N\S(=O)(=O)c1ccc(I)cc1)N1CCC(c2ccccc2)C(c2ccc(Cl)cc2)=N1. The molecule has 0 fully saturated rings. The van der Waals surface area contributed by atoms with Crippen molar-refractivity contribution in [1.82, 2.24) is 5.01 Å². The molecule has 4 rings (SSSR count). The molecular formula is C25H23ClIN5O2S. The molecule has 3 aromatic rings. The Balaban J connectivity index is 1.81. The van der Waals surface area contributed by atoms with Gasteiger partial charge in [0, 0.05) is 21.1 Å². The summed E-state index contributed by atoms with van der Waals surface area (Å²) < 4.78 is 31.1. The molecule has 0 spiro atoms. The number of amidine groups is 1. The van der Waals surface area contributed by atoms with Crippen LogP contribution in [0.4, 0.5) is 0 Å². The number of hydrogen-bond donors (Lipinski definition) is 1. The van der Waals surface area contributed by atoms with E-state index in [1.165, 1.54) is 17.1 Å². The number of guanidine groups is 1. The summed E-state index contributed by atoms with van der Waals surface area (Å²) in [7, 11) is -4.03. The highest BCUT2D eigenvalue weighted by molar-refractivity contribution is 14.1. The maximum absolute atomic E-state index is 13.1. The summed E-state index contributed by atoms with van der Waals surface area (Å²) in [4.78, 5) is 4.30. The van der Waals surface area contributed by atoms with Crippen molar-refractivity contribution >= 4 is 61.7 Å². The van der Waals surface area contributed by atoms with Crippen molar-refractivity contribution in [2.45, 2.75) is 24.2 Å². The highest BCUT2D eigenvalue weighted by Crippen LogP contribution is 2.30. The molecule has 7 nitrogen and oxygen atoms in total. The molecule has 35 heavy (non-hydrogen) atoms. The van der Waals surface area contributed by atoms with Crippen molar-refractivity contribution in [3.05, 3.63) is 98.6 Å². The summed E-state index contributed by atoms with van der Waals surface area (Å²) in [5.41, 5.74) is 8.60. The maximum Gasteiger partial charge on any atom is 0.285 e. The fourth-order valence-electron chi connectivity index (χ4n) is 3.72. The monoisotopic (exact) mass is 619 g/mol. The minimum absolute atomic E-state index is 0.00522. The zero-order valence-corrected chi connectivity index (χ0v) is 22.6. The van der Waals surface area contributed by atoms with Crippen LogP contribution in [-0.2, 0) is 10.0 Å². The van der Waals surface area contributed by atoms with Crippen molar-refractivity contribution in [1.29, 1.82) is 0 Å². The first-order valence-corrected chi connectivity index (χ1v) is 13.7. The van der Waals surface area contributed by atoms with Crippen LogP contribution in [-0.4, -0.2) is 37.5 Å². The predicted molar refractivity (Wildman–Crippen MR) is 150 cm³/mol. The zero-order chi connectivity index (χ0) is 25.0. The molecule has 0 bridgehead atoms. The van der Waals surface area contributed by atoms with Crippen LogP contribution in [0, 0.1) is 3.57 Å². The van der Waals surface area contributed by atoms with Gasteiger partial charge in [-0.15, -0.1) is 4.40 Å². The lowest BCUT2D eigenvalue weighted by Crippen LogP contribution is -2.36. The van der Waals surface area contributed by atoms with Crippen LogP contribution in [0.25, 0.3) is 0 Å². The quantitative estimate of drug-likeness (QED) is 0.245. The van der Waals surface area contributed by atoms with E-state index >= 15 is 0 Å². The molecule has 180 valence electrons. The normalized spacial score (nSPS) is 17.3. The van der Waals surface area contributed by atoms with Crippen LogP contribution >= 0.6 is 34.2 Å². The number of nitrogens with zero attached hydrogens (tertiary/aromatic N) is 4. The fourth-order valence-corrected chi connectivity index (χ4v) is 5.14. The smallest absolute Gasteiger partial charge is 0.285 e. The number of hydrogen-bond acceptors (Lipinski definition) is 3. The fraction of sp³-hybridized carbons (Fsp3) is 0.160. The molecule has 0 saturated heterocycles. The van der Waals surface area contributed by atoms with Gasteiger partial charge < -0.3 is 5.73 Å². The van der Waals surface area contributed by atoms with E-state index in [1.807, 2.05) is 30.3 Å². The van der Waals surface area contributed by atoms with Gasteiger partial charge in [0.15, 0.2) is 0 Å². The molecule has 1 aliphatic rings. The Bertz CT molecular complexity index is 1390. The molecule has 2 N–H and O–H groups in total. The van der Waals surface area contributed by atoms with E-state index in [0.29, 0.717) is 18.0 Å². The second-order valence-electron chi connectivity index (χ2n) is 7.94. The van der Waals surface area contributed by atoms with Crippen molar-refractivity contribution < 1.29 is 8.42 Å². The minimum Gasteiger partial charge on any atom is -0.387 e. The number of benzene rings is 3. The summed E-state index contributed by atoms with van der Waals surface area (Å²) in [6.07, 6.45) is 0.674. The second-order valence-corrected chi connectivity index (χ2v) is 11.2. The van der Waals surface area contributed by atoms with Gasteiger partial charge in [-0.05, 0) is 83.5 Å². The number of halogens is 2. The Morgan fingerprint density at radius 1 is 1.06 bits per heavy atom. The molecule has 1 atom stereocenters. The maximum atomic E-state index is 13.1. The summed E-state index contributed by atoms with van der Waals surface area (Å²) in [5.74, 6) is 0.0992. The van der Waals surface area contributed by atoms with Gasteiger partial charge in [0.05, 0.1) is 16.4 Å². The van der Waals surface area contributed by atoms with Gasteiger partial charge in [0.1, 0.15) is 0 Å². The Labute approximate surface area is 223 Å². The van der Waals surface area contributed by atoms with Gasteiger partial charge in [0.25, 0.3) is 16.0 Å². The Hall–Kier alpha value is -2.76. The minimum atomic E-state index is -4.03. The van der Waals surface area contributed by atoms with E-state index in [2.05, 4.69) is 44.1 Å². The average Bonchev–Trinajstić information content (AvgIpc) is 2.84. The topological polar surface area (TPSA) is 100 Å². The molecule has 0 amide bonds. The molecule has 0 aliphatic carbocycles. The van der Waals surface area contributed by atoms with Crippen molar-refractivity contribution in [3.63, 3.8) is 0 Å². The van der Waals surface area contributed by atoms with Crippen LogP contribution in [0.2, 0.25) is 5.02 Å². The van der Waals surface area contributed by atoms with Crippen LogP contribution < -0.4 is 5.73 Å². The van der Waals surface area contributed by atoms with Crippen LogP contribution in [0.3, 0.4) is 0 Å². The van der Waals surface area contributed by atoms with Crippen molar-refractivity contribution in [2.75, 3.05) is 6.54 Å². The van der Waals surface area contributed by atoms with Gasteiger partial charge >= 0.3 is 0 Å². The van der Waals surface area contributed by atoms with Crippen molar-refractivity contribution in [2.24, 2.45) is 20.2 Å². The zero-order valence-electron chi connectivity index (χ0n) is 18.8. The first-order chi connectivity index (χ1) is 16.7. The molecule has 0 aromatic heterocycles. The standard InChI is InChI=1S/C25H23ClIN5O2S/c1-17(28)29-25(31-35(33,34)22-13-11-21(27)12-14-22)32-16-15-23(18-5-3-2-4-6-18)24(30-32)19-7-9-20(26)10-8-19/h2-14,23H,15-16H2,1H3,(H2,28,29,31). The van der Waals surface area contributed by atoms with E-state index in [4.69, 9.17) is 22.4 Å². The largest absolute Gasteiger partial charge is 0.387 e. The molecule has 1 aliphatic heterocycles. The van der Waals surface area contributed by atoms with Crippen LogP contribution in [0.5, 0.6) is 0 Å². The lowest BCUT2D eigenvalue weighted by Gasteiger charge is -2.30. The second kappa shape index (κ2) is 10.9. The number of aliphatic imine (C=N–C) groups is 1. The van der Waals surface area contributed by atoms with Gasteiger partial charge in [-0.25, -0.2) is 5.01 Å². The molecule has 0 saturated carbocycles. The number of hydrazone groups is 1. The molecule has 0 radical (unpaired) electrons. The molecular weight excluding hydrogens is 597 g/mol. The third-order valence-electron chi connectivity index (χ3n) is 5.35. The van der Waals surface area contributed by atoms with E-state index < -0.39 is 10.0 Å². The lowest BCUT2D eigenvalue weighted by atomic mass is 9.86. The van der Waals surface area contributed by atoms with E-state index in [0.717, 1.165) is 20.4 Å². The molecule has 1 unspecified atom stereocenters. The predicted octanol–water partition coefficient (Wildman–Crippen LogP) is 5.26. The summed E-state index contributed by atoms with van der Waals surface area (Å²) in [6, 6.07) is 23.9. The first-order valence-electron chi connectivity index (χ1n) is 10.8. The first kappa shape index (κ1) is 25.3. The summed E-state index contributed by atoms with van der Waals surface area (Å²) in [6.45, 7) is 1.99.